The number of hydrogen-bond acceptors (Lipinski definition) is 2. The molecule has 1 aromatic heterocycles. The van der Waals surface area contributed by atoms with Crippen LogP contribution in [-0.2, 0) is 11.3 Å². The summed E-state index contributed by atoms with van der Waals surface area (Å²) in [6.45, 7) is 2.90. The van der Waals surface area contributed by atoms with E-state index in [0.29, 0.717) is 11.7 Å². The monoisotopic (exact) mass is 276 g/mol. The Morgan fingerprint density at radius 1 is 1.37 bits per heavy atom. The van der Waals surface area contributed by atoms with E-state index in [1.807, 2.05) is 24.3 Å². The SMILES string of the molecule is O=C1C[NH+](Cc2cc3ccccc3nc2Cl)CCN1. The van der Waals surface area contributed by atoms with Gasteiger partial charge in [0.2, 0.25) is 0 Å². The number of nitrogens with zero attached hydrogens (tertiary/aromatic N) is 1. The largest absolute Gasteiger partial charge is 0.346 e. The fourth-order valence-corrected chi connectivity index (χ4v) is 2.65. The van der Waals surface area contributed by atoms with Gasteiger partial charge in [0.25, 0.3) is 5.91 Å². The number of piperazine rings is 1. The van der Waals surface area contributed by atoms with Crippen molar-refractivity contribution in [3.63, 3.8) is 0 Å². The third kappa shape index (κ3) is 2.69. The molecule has 1 saturated heterocycles. The van der Waals surface area contributed by atoms with Crippen LogP contribution < -0.4 is 10.2 Å². The number of benzene rings is 1. The van der Waals surface area contributed by atoms with Gasteiger partial charge in [0.15, 0.2) is 6.54 Å². The summed E-state index contributed by atoms with van der Waals surface area (Å²) in [7, 11) is 0. The molecule has 2 heterocycles. The number of pyridine rings is 1. The quantitative estimate of drug-likeness (QED) is 0.780. The van der Waals surface area contributed by atoms with E-state index in [1.165, 1.54) is 4.90 Å². The molecule has 1 fully saturated rings. The van der Waals surface area contributed by atoms with Gasteiger partial charge in [-0.15, -0.1) is 0 Å². The molecule has 0 bridgehead atoms. The van der Waals surface area contributed by atoms with Crippen molar-refractivity contribution in [1.29, 1.82) is 0 Å². The van der Waals surface area contributed by atoms with Gasteiger partial charge in [0.05, 0.1) is 18.6 Å². The Balaban J connectivity index is 1.87. The summed E-state index contributed by atoms with van der Waals surface area (Å²) in [6, 6.07) is 9.99. The van der Waals surface area contributed by atoms with Gasteiger partial charge in [0, 0.05) is 10.9 Å². The summed E-state index contributed by atoms with van der Waals surface area (Å²) in [5.41, 5.74) is 1.91. The second kappa shape index (κ2) is 5.15. The molecular formula is C14H15ClN3O+. The number of aromatic nitrogens is 1. The molecule has 0 saturated carbocycles. The molecule has 2 aromatic rings. The van der Waals surface area contributed by atoms with E-state index >= 15 is 0 Å². The molecule has 5 heteroatoms. The van der Waals surface area contributed by atoms with Crippen LogP contribution in [0.5, 0.6) is 0 Å². The lowest BCUT2D eigenvalue weighted by molar-refractivity contribution is -0.907. The Bertz CT molecular complexity index is 629. The highest BCUT2D eigenvalue weighted by Gasteiger charge is 2.21. The molecule has 0 radical (unpaired) electrons. The first-order chi connectivity index (χ1) is 9.22. The number of quaternary nitrogens is 1. The van der Waals surface area contributed by atoms with Gasteiger partial charge in [-0.3, -0.25) is 4.79 Å². The average Bonchev–Trinajstić information content (AvgIpc) is 2.40. The lowest BCUT2D eigenvalue weighted by atomic mass is 10.1. The summed E-state index contributed by atoms with van der Waals surface area (Å²) in [4.78, 5) is 17.0. The zero-order chi connectivity index (χ0) is 13.2. The number of nitrogens with one attached hydrogen (secondary N) is 2. The van der Waals surface area contributed by atoms with E-state index in [4.69, 9.17) is 11.6 Å². The Labute approximate surface area is 116 Å². The molecule has 0 spiro atoms. The molecule has 98 valence electrons. The summed E-state index contributed by atoms with van der Waals surface area (Å²) in [5, 5.41) is 4.46. The normalized spacial score (nSPS) is 19.4. The first-order valence-corrected chi connectivity index (χ1v) is 6.74. The van der Waals surface area contributed by atoms with Crippen molar-refractivity contribution < 1.29 is 9.69 Å². The van der Waals surface area contributed by atoms with Crippen LogP contribution in [0.1, 0.15) is 5.56 Å². The number of halogens is 1. The molecule has 0 aliphatic carbocycles. The van der Waals surface area contributed by atoms with Crippen LogP contribution in [0.3, 0.4) is 0 Å². The number of amides is 1. The topological polar surface area (TPSA) is 46.4 Å². The van der Waals surface area contributed by atoms with Crippen LogP contribution in [0.25, 0.3) is 10.9 Å². The van der Waals surface area contributed by atoms with Crippen molar-refractivity contribution in [2.75, 3.05) is 19.6 Å². The fourth-order valence-electron chi connectivity index (χ4n) is 2.44. The van der Waals surface area contributed by atoms with Crippen LogP contribution in [0, 0.1) is 0 Å². The van der Waals surface area contributed by atoms with Crippen molar-refractivity contribution in [1.82, 2.24) is 10.3 Å². The van der Waals surface area contributed by atoms with Crippen molar-refractivity contribution in [3.05, 3.63) is 41.0 Å². The zero-order valence-electron chi connectivity index (χ0n) is 10.4. The Hall–Kier alpha value is -1.65. The van der Waals surface area contributed by atoms with Crippen molar-refractivity contribution in [3.8, 4) is 0 Å². The highest BCUT2D eigenvalue weighted by atomic mass is 35.5. The minimum absolute atomic E-state index is 0.103. The van der Waals surface area contributed by atoms with Gasteiger partial charge in [-0.05, 0) is 12.1 Å². The number of hydrogen-bond donors (Lipinski definition) is 2. The molecule has 4 nitrogen and oxygen atoms in total. The standard InChI is InChI=1S/C14H14ClN3O/c15-14-11(8-18-6-5-16-13(19)9-18)7-10-3-1-2-4-12(10)17-14/h1-4,7H,5-6,8-9H2,(H,16,19)/p+1. The summed E-state index contributed by atoms with van der Waals surface area (Å²) in [6.07, 6.45) is 0. The Morgan fingerprint density at radius 2 is 2.21 bits per heavy atom. The fraction of sp³-hybridized carbons (Fsp3) is 0.286. The third-order valence-corrected chi connectivity index (χ3v) is 3.73. The molecule has 1 aliphatic rings. The van der Waals surface area contributed by atoms with Crippen molar-refractivity contribution in [2.24, 2.45) is 0 Å². The smallest absolute Gasteiger partial charge is 0.275 e. The minimum atomic E-state index is 0.103. The first-order valence-electron chi connectivity index (χ1n) is 6.37. The summed E-state index contributed by atoms with van der Waals surface area (Å²) < 4.78 is 0. The predicted molar refractivity (Wildman–Crippen MR) is 74.2 cm³/mol. The first kappa shape index (κ1) is 12.4. The van der Waals surface area contributed by atoms with E-state index < -0.39 is 0 Å². The average molecular weight is 277 g/mol. The Morgan fingerprint density at radius 3 is 3.05 bits per heavy atom. The predicted octanol–water partition coefficient (Wildman–Crippen LogP) is 0.403. The van der Waals surface area contributed by atoms with Crippen LogP contribution in [0.2, 0.25) is 5.15 Å². The number of carbonyl (C=O) groups is 1. The van der Waals surface area contributed by atoms with Crippen LogP contribution in [0.4, 0.5) is 0 Å². The third-order valence-electron chi connectivity index (χ3n) is 3.40. The number of rotatable bonds is 2. The van der Waals surface area contributed by atoms with Crippen LogP contribution in [-0.4, -0.2) is 30.5 Å². The van der Waals surface area contributed by atoms with E-state index in [-0.39, 0.29) is 5.91 Å². The van der Waals surface area contributed by atoms with E-state index in [0.717, 1.165) is 36.1 Å². The summed E-state index contributed by atoms with van der Waals surface area (Å²) in [5.74, 6) is 0.103. The van der Waals surface area contributed by atoms with E-state index in [1.54, 1.807) is 0 Å². The number of para-hydroxylation sites is 1. The molecule has 19 heavy (non-hydrogen) atoms. The maximum Gasteiger partial charge on any atom is 0.275 e. The zero-order valence-corrected chi connectivity index (χ0v) is 11.2. The number of carbonyl (C=O) groups excluding carboxylic acids is 1. The minimum Gasteiger partial charge on any atom is -0.346 e. The molecule has 3 rings (SSSR count). The van der Waals surface area contributed by atoms with Gasteiger partial charge in [-0.2, -0.15) is 0 Å². The number of fused-ring (bicyclic) bond motifs is 1. The van der Waals surface area contributed by atoms with Crippen molar-refractivity contribution in [2.45, 2.75) is 6.54 Å². The molecule has 2 N–H and O–H groups in total. The molecule has 1 aromatic carbocycles. The van der Waals surface area contributed by atoms with Gasteiger partial charge in [-0.25, -0.2) is 4.98 Å². The van der Waals surface area contributed by atoms with Gasteiger partial charge in [-0.1, -0.05) is 29.8 Å². The van der Waals surface area contributed by atoms with Crippen molar-refractivity contribution >= 4 is 28.4 Å². The van der Waals surface area contributed by atoms with Gasteiger partial charge in [0.1, 0.15) is 11.7 Å². The maximum atomic E-state index is 11.4. The maximum absolute atomic E-state index is 11.4. The second-order valence-electron chi connectivity index (χ2n) is 4.83. The van der Waals surface area contributed by atoms with Gasteiger partial charge >= 0.3 is 0 Å². The molecule has 1 unspecified atom stereocenters. The van der Waals surface area contributed by atoms with Gasteiger partial charge < -0.3 is 10.2 Å². The molecule has 1 aliphatic heterocycles. The Kier molecular flexibility index (Phi) is 3.36. The second-order valence-corrected chi connectivity index (χ2v) is 5.19. The molecule has 1 atom stereocenters. The molecule has 1 amide bonds. The lowest BCUT2D eigenvalue weighted by Gasteiger charge is -2.23. The van der Waals surface area contributed by atoms with Crippen LogP contribution in [0.15, 0.2) is 30.3 Å². The van der Waals surface area contributed by atoms with Crippen LogP contribution >= 0.6 is 11.6 Å². The highest BCUT2D eigenvalue weighted by Crippen LogP contribution is 2.19. The van der Waals surface area contributed by atoms with E-state index in [2.05, 4.69) is 16.4 Å². The molecular weight excluding hydrogens is 262 g/mol. The van der Waals surface area contributed by atoms with E-state index in [9.17, 15) is 4.79 Å². The highest BCUT2D eigenvalue weighted by molar-refractivity contribution is 6.30. The lowest BCUT2D eigenvalue weighted by Crippen LogP contribution is -3.14. The summed E-state index contributed by atoms with van der Waals surface area (Å²) >= 11 is 6.23.